The smallest absolute Gasteiger partial charge is 0.159 e. The maximum absolute atomic E-state index is 13.1. The van der Waals surface area contributed by atoms with Crippen LogP contribution in [0.15, 0.2) is 12.1 Å². The molecule has 1 aromatic carbocycles. The number of aldehydes is 1. The molecule has 1 fully saturated rings. The summed E-state index contributed by atoms with van der Waals surface area (Å²) in [6, 6.07) is 2.36. The second-order valence-electron chi connectivity index (χ2n) is 4.43. The lowest BCUT2D eigenvalue weighted by molar-refractivity contribution is 0.112. The number of nitrogens with one attached hydrogen (secondary N) is 1. The van der Waals surface area contributed by atoms with Crippen LogP contribution < -0.4 is 5.32 Å². The van der Waals surface area contributed by atoms with Gasteiger partial charge in [0, 0.05) is 11.6 Å². The standard InChI is InChI=1S/C13H15F2NO/c14-12-6-9(10(8-17)7-13(12)15)5-11-3-1-2-4-16-11/h6-8,11,16H,1-5H2. The van der Waals surface area contributed by atoms with Gasteiger partial charge in [-0.05, 0) is 43.5 Å². The predicted octanol–water partition coefficient (Wildman–Crippen LogP) is 2.46. The Hall–Kier alpha value is -1.29. The molecule has 2 nitrogen and oxygen atoms in total. The molecule has 0 saturated carbocycles. The van der Waals surface area contributed by atoms with Crippen LogP contribution in [0.1, 0.15) is 35.2 Å². The van der Waals surface area contributed by atoms with Crippen LogP contribution in [-0.4, -0.2) is 18.9 Å². The highest BCUT2D eigenvalue weighted by Crippen LogP contribution is 2.18. The van der Waals surface area contributed by atoms with Crippen molar-refractivity contribution in [3.05, 3.63) is 34.9 Å². The van der Waals surface area contributed by atoms with Crippen LogP contribution in [0.4, 0.5) is 8.78 Å². The molecule has 4 heteroatoms. The Kier molecular flexibility index (Phi) is 3.84. The highest BCUT2D eigenvalue weighted by Gasteiger charge is 2.16. The Bertz CT molecular complexity index is 414. The lowest BCUT2D eigenvalue weighted by Gasteiger charge is -2.24. The largest absolute Gasteiger partial charge is 0.314 e. The minimum absolute atomic E-state index is 0.247. The lowest BCUT2D eigenvalue weighted by atomic mass is 9.95. The first-order valence-electron chi connectivity index (χ1n) is 5.87. The van der Waals surface area contributed by atoms with Crippen molar-refractivity contribution in [3.8, 4) is 0 Å². The topological polar surface area (TPSA) is 29.1 Å². The number of benzene rings is 1. The number of piperidine rings is 1. The molecule has 17 heavy (non-hydrogen) atoms. The molecule has 0 spiro atoms. The van der Waals surface area contributed by atoms with E-state index in [0.29, 0.717) is 18.3 Å². The minimum Gasteiger partial charge on any atom is -0.314 e. The zero-order valence-electron chi connectivity index (χ0n) is 9.51. The Morgan fingerprint density at radius 3 is 2.71 bits per heavy atom. The van der Waals surface area contributed by atoms with E-state index in [4.69, 9.17) is 0 Å². The zero-order valence-corrected chi connectivity index (χ0v) is 9.51. The van der Waals surface area contributed by atoms with Gasteiger partial charge in [-0.2, -0.15) is 0 Å². The summed E-state index contributed by atoms with van der Waals surface area (Å²) in [7, 11) is 0. The maximum Gasteiger partial charge on any atom is 0.159 e. The molecule has 1 heterocycles. The van der Waals surface area contributed by atoms with E-state index >= 15 is 0 Å². The highest BCUT2D eigenvalue weighted by atomic mass is 19.2. The van der Waals surface area contributed by atoms with Gasteiger partial charge in [0.15, 0.2) is 11.6 Å². The van der Waals surface area contributed by atoms with E-state index < -0.39 is 11.6 Å². The molecule has 1 atom stereocenters. The SMILES string of the molecule is O=Cc1cc(F)c(F)cc1CC1CCCCN1. The summed E-state index contributed by atoms with van der Waals surface area (Å²) in [4.78, 5) is 10.8. The second kappa shape index (κ2) is 5.36. The van der Waals surface area contributed by atoms with Crippen molar-refractivity contribution in [1.29, 1.82) is 0 Å². The van der Waals surface area contributed by atoms with Crippen LogP contribution in [0.3, 0.4) is 0 Å². The summed E-state index contributed by atoms with van der Waals surface area (Å²) < 4.78 is 26.1. The van der Waals surface area contributed by atoms with Gasteiger partial charge in [0.1, 0.15) is 6.29 Å². The lowest BCUT2D eigenvalue weighted by Crippen LogP contribution is -2.35. The monoisotopic (exact) mass is 239 g/mol. The summed E-state index contributed by atoms with van der Waals surface area (Å²) in [5.41, 5.74) is 0.828. The van der Waals surface area contributed by atoms with Gasteiger partial charge in [0.25, 0.3) is 0 Å². The van der Waals surface area contributed by atoms with Crippen LogP contribution in [0.5, 0.6) is 0 Å². The fraction of sp³-hybridized carbons (Fsp3) is 0.462. The van der Waals surface area contributed by atoms with Gasteiger partial charge in [0.2, 0.25) is 0 Å². The summed E-state index contributed by atoms with van der Waals surface area (Å²) in [6.45, 7) is 0.949. The number of carbonyl (C=O) groups is 1. The van der Waals surface area contributed by atoms with E-state index in [9.17, 15) is 13.6 Å². The number of hydrogen-bond donors (Lipinski definition) is 1. The normalized spacial score (nSPS) is 20.2. The molecule has 92 valence electrons. The molecule has 1 aromatic rings. The minimum atomic E-state index is -0.965. The summed E-state index contributed by atoms with van der Waals surface area (Å²) in [5, 5.41) is 3.32. The Morgan fingerprint density at radius 1 is 1.29 bits per heavy atom. The molecule has 0 radical (unpaired) electrons. The van der Waals surface area contributed by atoms with Crippen LogP contribution in [0.2, 0.25) is 0 Å². The number of rotatable bonds is 3. The van der Waals surface area contributed by atoms with E-state index in [1.807, 2.05) is 0 Å². The maximum atomic E-state index is 13.1. The highest BCUT2D eigenvalue weighted by molar-refractivity contribution is 5.77. The summed E-state index contributed by atoms with van der Waals surface area (Å²) >= 11 is 0. The predicted molar refractivity (Wildman–Crippen MR) is 61.1 cm³/mol. The summed E-state index contributed by atoms with van der Waals surface area (Å²) in [6.07, 6.45) is 4.45. The van der Waals surface area contributed by atoms with Crippen LogP contribution in [-0.2, 0) is 6.42 Å². The fourth-order valence-electron chi connectivity index (χ4n) is 2.25. The third-order valence-electron chi connectivity index (χ3n) is 3.19. The Morgan fingerprint density at radius 2 is 2.06 bits per heavy atom. The van der Waals surface area contributed by atoms with Gasteiger partial charge in [-0.3, -0.25) is 4.79 Å². The molecule has 1 saturated heterocycles. The van der Waals surface area contributed by atoms with Gasteiger partial charge in [-0.15, -0.1) is 0 Å². The molecule has 1 aliphatic rings. The van der Waals surface area contributed by atoms with Crippen molar-refractivity contribution in [3.63, 3.8) is 0 Å². The van der Waals surface area contributed by atoms with Gasteiger partial charge >= 0.3 is 0 Å². The van der Waals surface area contributed by atoms with Crippen LogP contribution in [0.25, 0.3) is 0 Å². The Balaban J connectivity index is 2.18. The zero-order chi connectivity index (χ0) is 12.3. The van der Waals surface area contributed by atoms with E-state index in [-0.39, 0.29) is 11.6 Å². The second-order valence-corrected chi connectivity index (χ2v) is 4.43. The van der Waals surface area contributed by atoms with Crippen LogP contribution in [0, 0.1) is 11.6 Å². The fourth-order valence-corrected chi connectivity index (χ4v) is 2.25. The van der Waals surface area contributed by atoms with Crippen molar-refractivity contribution in [2.24, 2.45) is 0 Å². The number of halogens is 2. The van der Waals surface area contributed by atoms with E-state index in [1.165, 1.54) is 0 Å². The third-order valence-corrected chi connectivity index (χ3v) is 3.19. The van der Waals surface area contributed by atoms with Crippen LogP contribution >= 0.6 is 0 Å². The quantitative estimate of drug-likeness (QED) is 0.821. The van der Waals surface area contributed by atoms with Gasteiger partial charge in [-0.25, -0.2) is 8.78 Å². The molecule has 0 amide bonds. The molecule has 0 bridgehead atoms. The summed E-state index contributed by atoms with van der Waals surface area (Å²) in [5.74, 6) is -1.85. The molecular weight excluding hydrogens is 224 g/mol. The van der Waals surface area contributed by atoms with Gasteiger partial charge in [0.05, 0.1) is 0 Å². The van der Waals surface area contributed by atoms with Crippen molar-refractivity contribution in [2.75, 3.05) is 6.54 Å². The first-order valence-corrected chi connectivity index (χ1v) is 5.87. The molecule has 1 unspecified atom stereocenters. The molecule has 1 aliphatic heterocycles. The van der Waals surface area contributed by atoms with Crippen molar-refractivity contribution < 1.29 is 13.6 Å². The molecule has 1 N–H and O–H groups in total. The van der Waals surface area contributed by atoms with Gasteiger partial charge in [-0.1, -0.05) is 6.42 Å². The average molecular weight is 239 g/mol. The molecule has 0 aromatic heterocycles. The van der Waals surface area contributed by atoms with E-state index in [2.05, 4.69) is 5.32 Å². The van der Waals surface area contributed by atoms with Gasteiger partial charge < -0.3 is 5.32 Å². The molecular formula is C13H15F2NO. The molecule has 2 rings (SSSR count). The molecule has 0 aliphatic carbocycles. The van der Waals surface area contributed by atoms with Crippen molar-refractivity contribution in [1.82, 2.24) is 5.32 Å². The number of hydrogen-bond acceptors (Lipinski definition) is 2. The van der Waals surface area contributed by atoms with E-state index in [1.54, 1.807) is 0 Å². The first-order chi connectivity index (χ1) is 8.20. The average Bonchev–Trinajstić information content (AvgIpc) is 2.35. The first kappa shape index (κ1) is 12.2. The number of carbonyl (C=O) groups excluding carboxylic acids is 1. The third kappa shape index (κ3) is 2.88. The Labute approximate surface area is 99.0 Å². The van der Waals surface area contributed by atoms with Crippen molar-refractivity contribution in [2.45, 2.75) is 31.7 Å². The van der Waals surface area contributed by atoms with E-state index in [0.717, 1.165) is 37.9 Å². The van der Waals surface area contributed by atoms with Crippen molar-refractivity contribution >= 4 is 6.29 Å².